The van der Waals surface area contributed by atoms with E-state index in [2.05, 4.69) is 103 Å². The van der Waals surface area contributed by atoms with E-state index in [1.807, 2.05) is 34.3 Å². The fraction of sp³-hybridized carbons (Fsp3) is 0.500. The lowest BCUT2D eigenvalue weighted by molar-refractivity contribution is -0.135. The number of rotatable bonds is 6. The molecule has 1 N–H and O–H groups in total. The molecular formula is C52H57Br4Cl2N7O4. The zero-order valence-corrected chi connectivity index (χ0v) is 46.4. The van der Waals surface area contributed by atoms with Gasteiger partial charge in [0.25, 0.3) is 0 Å². The Kier molecular flexibility index (Phi) is 17.0. The number of piperidine rings is 4. The Bertz CT molecular complexity index is 2600. The Balaban J connectivity index is 0.000000172. The predicted octanol–water partition coefficient (Wildman–Crippen LogP) is 11.0. The Labute approximate surface area is 448 Å². The first kappa shape index (κ1) is 51.2. The maximum atomic E-state index is 13.0. The molecule has 11 nitrogen and oxygen atoms in total. The number of carbonyl (C=O) groups is 3. The number of pyridine rings is 2. The molecule has 0 radical (unpaired) electrons. The third-order valence-corrected chi connectivity index (χ3v) is 17.9. The summed E-state index contributed by atoms with van der Waals surface area (Å²) in [6.07, 6.45) is 13.9. The number of carbonyl (C=O) groups excluding carboxylic acids is 3. The molecule has 4 fully saturated rings. The van der Waals surface area contributed by atoms with Gasteiger partial charge in [0.05, 0.1) is 30.2 Å². The number of aryl methyl sites for hydroxylation is 4. The normalized spacial score (nSPS) is 21.5. The van der Waals surface area contributed by atoms with Crippen LogP contribution in [-0.4, -0.2) is 124 Å². The average molecular weight is 1230 g/mol. The molecule has 0 spiro atoms. The lowest BCUT2D eigenvalue weighted by Gasteiger charge is -2.38. The van der Waals surface area contributed by atoms with E-state index in [0.29, 0.717) is 56.6 Å². The third-order valence-electron chi connectivity index (χ3n) is 15.3. The number of halogens is 6. The van der Waals surface area contributed by atoms with Crippen molar-refractivity contribution in [2.24, 2.45) is 17.0 Å². The van der Waals surface area contributed by atoms with Crippen LogP contribution in [0.15, 0.2) is 71.8 Å². The number of fused-ring (bicyclic) bond motifs is 4. The van der Waals surface area contributed by atoms with E-state index in [9.17, 15) is 14.4 Å². The van der Waals surface area contributed by atoms with Gasteiger partial charge in [-0.2, -0.15) is 0 Å². The molecule has 17 heteroatoms. The molecule has 10 rings (SSSR count). The van der Waals surface area contributed by atoms with Crippen molar-refractivity contribution in [3.63, 3.8) is 0 Å². The van der Waals surface area contributed by atoms with Gasteiger partial charge in [0, 0.05) is 130 Å². The molecule has 4 aliphatic heterocycles. The van der Waals surface area contributed by atoms with Crippen molar-refractivity contribution in [2.75, 3.05) is 65.4 Å². The Morgan fingerprint density at radius 3 is 1.36 bits per heavy atom. The van der Waals surface area contributed by atoms with Crippen LogP contribution in [0, 0.1) is 11.8 Å². The van der Waals surface area contributed by atoms with Gasteiger partial charge in [-0.15, -0.1) is 0 Å². The summed E-state index contributed by atoms with van der Waals surface area (Å²) < 4.78 is 4.12. The van der Waals surface area contributed by atoms with Crippen LogP contribution in [0.3, 0.4) is 0 Å². The number of hydrogen-bond donors (Lipinski definition) is 1. The summed E-state index contributed by atoms with van der Waals surface area (Å²) in [7, 11) is 0. The molecule has 2 atom stereocenters. The molecule has 0 saturated carbocycles. The zero-order chi connectivity index (χ0) is 48.3. The SMILES string of the molecule is O=C(CN1CCC(=NO)CC1)N1CCC([C@H]2c3ncc(Br)cc3CCc3cc(Cl)cc(Br)c32)CC1.O=C1CCN(CC(=O)N2CCC([C@H]3c4ncc(Br)cc4CCc4cc(Cl)cc(Br)c43)CC2)CC1. The summed E-state index contributed by atoms with van der Waals surface area (Å²) in [4.78, 5) is 55.7. The van der Waals surface area contributed by atoms with Gasteiger partial charge in [0.15, 0.2) is 0 Å². The van der Waals surface area contributed by atoms with Crippen LogP contribution in [0.1, 0.15) is 108 Å². The molecule has 4 saturated heterocycles. The van der Waals surface area contributed by atoms with Gasteiger partial charge in [-0.05, 0) is 165 Å². The van der Waals surface area contributed by atoms with Crippen molar-refractivity contribution in [3.8, 4) is 0 Å². The molecule has 2 amide bonds. The minimum atomic E-state index is 0.178. The minimum absolute atomic E-state index is 0.178. The second-order valence-electron chi connectivity index (χ2n) is 19.5. The first-order valence-electron chi connectivity index (χ1n) is 24.3. The maximum Gasteiger partial charge on any atom is 0.236 e. The Hall–Kier alpha value is -2.76. The van der Waals surface area contributed by atoms with E-state index in [0.717, 1.165) is 149 Å². The van der Waals surface area contributed by atoms with Crippen LogP contribution in [0.25, 0.3) is 0 Å². The van der Waals surface area contributed by atoms with Gasteiger partial charge >= 0.3 is 0 Å². The van der Waals surface area contributed by atoms with Crippen LogP contribution >= 0.6 is 86.9 Å². The topological polar surface area (TPSA) is 123 Å². The number of amides is 2. The van der Waals surface area contributed by atoms with Gasteiger partial charge in [-0.25, -0.2) is 0 Å². The van der Waals surface area contributed by atoms with E-state index in [4.69, 9.17) is 38.4 Å². The van der Waals surface area contributed by atoms with Crippen LogP contribution < -0.4 is 0 Å². The highest BCUT2D eigenvalue weighted by Crippen LogP contribution is 2.48. The second kappa shape index (κ2) is 23.0. The number of benzene rings is 2. The minimum Gasteiger partial charge on any atom is -0.411 e. The first-order chi connectivity index (χ1) is 33.3. The monoisotopic (exact) mass is 1230 g/mol. The number of oxime groups is 1. The summed E-state index contributed by atoms with van der Waals surface area (Å²) in [5.41, 5.74) is 10.9. The summed E-state index contributed by atoms with van der Waals surface area (Å²) in [5, 5.41) is 13.8. The standard InChI is InChI=1S/C26H29Br2ClN4O2.C26H28Br2ClN3O2/c27-19-11-18-2-1-17-12-20(29)13-22(28)24(17)25(26(18)30-14-19)16-3-9-33(10-4-16)23(34)15-32-7-5-21(31-35)6-8-32;27-19-11-18-2-1-17-12-20(29)13-22(28)24(17)25(26(18)30-14-19)16-3-9-32(10-4-16)23(34)15-31-7-5-21(33)6-8-31/h11-14,16,25,35H,1-10,15H2;11-14,16,25H,1-10,15H2/t2*25-/m11/s1. The molecule has 4 aromatic rings. The fourth-order valence-electron chi connectivity index (χ4n) is 11.6. The number of Topliss-reactive ketones (excluding diaryl/α,β-unsaturated/α-hetero) is 1. The first-order valence-corrected chi connectivity index (χ1v) is 28.2. The second-order valence-corrected chi connectivity index (χ2v) is 23.9. The van der Waals surface area contributed by atoms with Gasteiger partial charge < -0.3 is 15.0 Å². The van der Waals surface area contributed by atoms with Crippen molar-refractivity contribution in [1.82, 2.24) is 29.6 Å². The average Bonchev–Trinajstić information content (AvgIpc) is 3.60. The van der Waals surface area contributed by atoms with Crippen molar-refractivity contribution >= 4 is 110 Å². The fourth-order valence-corrected chi connectivity index (χ4v) is 14.6. The van der Waals surface area contributed by atoms with Crippen LogP contribution in [-0.2, 0) is 40.1 Å². The molecule has 2 aromatic carbocycles. The van der Waals surface area contributed by atoms with E-state index in [1.165, 1.54) is 33.4 Å². The van der Waals surface area contributed by atoms with Gasteiger partial charge in [0.1, 0.15) is 5.78 Å². The molecule has 6 heterocycles. The summed E-state index contributed by atoms with van der Waals surface area (Å²) in [5.74, 6) is 1.85. The van der Waals surface area contributed by atoms with Crippen molar-refractivity contribution in [1.29, 1.82) is 0 Å². The molecule has 2 aliphatic carbocycles. The molecule has 0 unspecified atom stereocenters. The zero-order valence-electron chi connectivity index (χ0n) is 38.6. The quantitative estimate of drug-likeness (QED) is 0.150. The number of likely N-dealkylation sites (tertiary alicyclic amines) is 4. The van der Waals surface area contributed by atoms with E-state index in [-0.39, 0.29) is 23.7 Å². The van der Waals surface area contributed by atoms with Crippen LogP contribution in [0.5, 0.6) is 0 Å². The number of aromatic nitrogens is 2. The Morgan fingerprint density at radius 1 is 0.565 bits per heavy atom. The van der Waals surface area contributed by atoms with Gasteiger partial charge in [-0.1, -0.05) is 60.2 Å². The number of ketones is 1. The van der Waals surface area contributed by atoms with Crippen LogP contribution in [0.4, 0.5) is 0 Å². The van der Waals surface area contributed by atoms with Gasteiger partial charge in [0.2, 0.25) is 11.8 Å². The van der Waals surface area contributed by atoms with Gasteiger partial charge in [-0.3, -0.25) is 34.2 Å². The third kappa shape index (κ3) is 12.0. The Morgan fingerprint density at radius 2 is 0.957 bits per heavy atom. The van der Waals surface area contributed by atoms with Crippen LogP contribution in [0.2, 0.25) is 10.0 Å². The molecule has 0 bridgehead atoms. The molecule has 2 aromatic heterocycles. The lowest BCUT2D eigenvalue weighted by atomic mass is 9.76. The summed E-state index contributed by atoms with van der Waals surface area (Å²) in [6.45, 7) is 6.88. The number of nitrogens with zero attached hydrogens (tertiary/aromatic N) is 7. The van der Waals surface area contributed by atoms with E-state index < -0.39 is 0 Å². The highest BCUT2D eigenvalue weighted by molar-refractivity contribution is 9.11. The van der Waals surface area contributed by atoms with Crippen molar-refractivity contribution < 1.29 is 19.6 Å². The summed E-state index contributed by atoms with van der Waals surface area (Å²) >= 11 is 27.7. The predicted molar refractivity (Wildman–Crippen MR) is 285 cm³/mol. The van der Waals surface area contributed by atoms with E-state index in [1.54, 1.807) is 0 Å². The molecule has 6 aliphatic rings. The largest absolute Gasteiger partial charge is 0.411 e. The smallest absolute Gasteiger partial charge is 0.236 e. The highest BCUT2D eigenvalue weighted by atomic mass is 79.9. The maximum absolute atomic E-state index is 13.0. The summed E-state index contributed by atoms with van der Waals surface area (Å²) in [6, 6.07) is 12.6. The lowest BCUT2D eigenvalue weighted by Crippen LogP contribution is -2.46. The van der Waals surface area contributed by atoms with Crippen molar-refractivity contribution in [2.45, 2.75) is 88.9 Å². The van der Waals surface area contributed by atoms with Crippen molar-refractivity contribution in [3.05, 3.63) is 121 Å². The highest BCUT2D eigenvalue weighted by Gasteiger charge is 2.39. The molecule has 366 valence electrons. The molecule has 69 heavy (non-hydrogen) atoms. The van der Waals surface area contributed by atoms with E-state index >= 15 is 0 Å². The number of hydrogen-bond acceptors (Lipinski definition) is 9. The molecular weight excluding hydrogens is 1180 g/mol.